The first-order chi connectivity index (χ1) is 14.9. The second-order valence-corrected chi connectivity index (χ2v) is 7.65. The van der Waals surface area contributed by atoms with Crippen LogP contribution in [0.5, 0.6) is 0 Å². The van der Waals surface area contributed by atoms with Gasteiger partial charge in [0, 0.05) is 22.6 Å². The van der Waals surface area contributed by atoms with Crippen LogP contribution in [0.4, 0.5) is 0 Å². The molecule has 8 nitrogen and oxygen atoms in total. The number of nitriles is 2. The standard InChI is InChI=1S/C21H17Cl2N5O3/c1-12-18-16(26-27-20(29)14-6-5-13(22)11-15(14)23)3-2-4-17(18)31-19(12)21(30)28(9-7-24)10-8-25/h5-6,11H,2-4,9-10H2,1H3,(H,27,29)/b26-16+. The van der Waals surface area contributed by atoms with Gasteiger partial charge in [-0.15, -0.1) is 0 Å². The third kappa shape index (κ3) is 4.72. The number of carbonyl (C=O) groups excluding carboxylic acids is 2. The number of carbonyl (C=O) groups is 2. The highest BCUT2D eigenvalue weighted by atomic mass is 35.5. The van der Waals surface area contributed by atoms with Gasteiger partial charge >= 0.3 is 0 Å². The van der Waals surface area contributed by atoms with Crippen LogP contribution in [0.2, 0.25) is 10.0 Å². The maximum atomic E-state index is 12.8. The minimum atomic E-state index is -0.536. The van der Waals surface area contributed by atoms with Crippen LogP contribution in [0.25, 0.3) is 0 Å². The van der Waals surface area contributed by atoms with Gasteiger partial charge in [-0.25, -0.2) is 5.43 Å². The largest absolute Gasteiger partial charge is 0.455 e. The molecule has 2 amide bonds. The molecule has 10 heteroatoms. The average molecular weight is 458 g/mol. The fourth-order valence-electron chi connectivity index (χ4n) is 3.35. The van der Waals surface area contributed by atoms with E-state index in [4.69, 9.17) is 38.1 Å². The molecule has 1 aromatic carbocycles. The number of halogens is 2. The normalized spacial score (nSPS) is 13.8. The monoisotopic (exact) mass is 457 g/mol. The molecule has 3 rings (SSSR count). The van der Waals surface area contributed by atoms with Crippen molar-refractivity contribution < 1.29 is 14.0 Å². The Morgan fingerprint density at radius 1 is 1.23 bits per heavy atom. The molecule has 0 spiro atoms. The Balaban J connectivity index is 1.89. The lowest BCUT2D eigenvalue weighted by molar-refractivity contribution is 0.0760. The number of nitrogens with zero attached hydrogens (tertiary/aromatic N) is 4. The predicted molar refractivity (Wildman–Crippen MR) is 114 cm³/mol. The van der Waals surface area contributed by atoms with Gasteiger partial charge in [0.25, 0.3) is 11.8 Å². The van der Waals surface area contributed by atoms with Crippen molar-refractivity contribution in [3.8, 4) is 12.1 Å². The van der Waals surface area contributed by atoms with E-state index in [-0.39, 0.29) is 29.4 Å². The summed E-state index contributed by atoms with van der Waals surface area (Å²) >= 11 is 11.9. The van der Waals surface area contributed by atoms with E-state index in [1.807, 2.05) is 12.1 Å². The average Bonchev–Trinajstić information content (AvgIpc) is 3.08. The van der Waals surface area contributed by atoms with Crippen molar-refractivity contribution in [2.75, 3.05) is 13.1 Å². The van der Waals surface area contributed by atoms with E-state index >= 15 is 0 Å². The maximum Gasteiger partial charge on any atom is 0.291 e. The summed E-state index contributed by atoms with van der Waals surface area (Å²) in [6, 6.07) is 8.27. The number of fused-ring (bicyclic) bond motifs is 1. The fourth-order valence-corrected chi connectivity index (χ4v) is 3.84. The van der Waals surface area contributed by atoms with Gasteiger partial charge in [-0.1, -0.05) is 23.2 Å². The topological polar surface area (TPSA) is 122 Å². The van der Waals surface area contributed by atoms with Crippen LogP contribution in [0, 0.1) is 29.6 Å². The fraction of sp³-hybridized carbons (Fsp3) is 0.286. The first kappa shape index (κ1) is 22.4. The zero-order valence-electron chi connectivity index (χ0n) is 16.5. The van der Waals surface area contributed by atoms with Crippen LogP contribution in [0.1, 0.15) is 50.6 Å². The molecule has 1 heterocycles. The Morgan fingerprint density at radius 2 is 1.94 bits per heavy atom. The van der Waals surface area contributed by atoms with Gasteiger partial charge in [0.1, 0.15) is 18.8 Å². The van der Waals surface area contributed by atoms with E-state index in [1.54, 1.807) is 13.0 Å². The Bertz CT molecular complexity index is 1140. The van der Waals surface area contributed by atoms with Gasteiger partial charge in [-0.3, -0.25) is 9.59 Å². The van der Waals surface area contributed by atoms with Crippen LogP contribution < -0.4 is 5.43 Å². The molecule has 31 heavy (non-hydrogen) atoms. The van der Waals surface area contributed by atoms with Gasteiger partial charge in [-0.2, -0.15) is 15.6 Å². The number of benzene rings is 1. The summed E-state index contributed by atoms with van der Waals surface area (Å²) in [5, 5.41) is 22.7. The summed E-state index contributed by atoms with van der Waals surface area (Å²) in [5.74, 6) is -0.380. The molecular weight excluding hydrogens is 441 g/mol. The number of rotatable bonds is 5. The summed E-state index contributed by atoms with van der Waals surface area (Å²) in [7, 11) is 0. The highest BCUT2D eigenvalue weighted by Crippen LogP contribution is 2.30. The molecule has 0 radical (unpaired) electrons. The first-order valence-electron chi connectivity index (χ1n) is 9.35. The van der Waals surface area contributed by atoms with Crippen molar-refractivity contribution in [3.05, 3.63) is 56.5 Å². The molecule has 0 fully saturated rings. The molecule has 0 aliphatic heterocycles. The predicted octanol–water partition coefficient (Wildman–Crippen LogP) is 3.85. The second-order valence-electron chi connectivity index (χ2n) is 6.81. The summed E-state index contributed by atoms with van der Waals surface area (Å²) < 4.78 is 5.79. The summed E-state index contributed by atoms with van der Waals surface area (Å²) in [6.45, 7) is 1.26. The molecule has 0 atom stereocenters. The number of furan rings is 1. The third-order valence-electron chi connectivity index (χ3n) is 4.80. The molecule has 0 unspecified atom stereocenters. The smallest absolute Gasteiger partial charge is 0.291 e. The van der Waals surface area contributed by atoms with E-state index in [2.05, 4.69) is 10.5 Å². The minimum Gasteiger partial charge on any atom is -0.455 e. The lowest BCUT2D eigenvalue weighted by atomic mass is 9.93. The molecule has 1 aliphatic rings. The van der Waals surface area contributed by atoms with Crippen LogP contribution in [0.15, 0.2) is 27.7 Å². The van der Waals surface area contributed by atoms with Crippen molar-refractivity contribution in [2.45, 2.75) is 26.2 Å². The zero-order chi connectivity index (χ0) is 22.5. The molecule has 0 saturated heterocycles. The molecule has 1 N–H and O–H groups in total. The van der Waals surface area contributed by atoms with Crippen molar-refractivity contribution in [1.82, 2.24) is 10.3 Å². The number of nitrogens with one attached hydrogen (secondary N) is 1. The minimum absolute atomic E-state index is 0.0668. The molecule has 0 saturated carbocycles. The Labute approximate surface area is 188 Å². The molecule has 158 valence electrons. The molecule has 0 bridgehead atoms. The quantitative estimate of drug-likeness (QED) is 0.539. The van der Waals surface area contributed by atoms with Crippen LogP contribution in [0.3, 0.4) is 0 Å². The number of hydrogen-bond acceptors (Lipinski definition) is 6. The Hall–Kier alpha value is -3.33. The van der Waals surface area contributed by atoms with Gasteiger partial charge in [-0.05, 0) is 38.0 Å². The summed E-state index contributed by atoms with van der Waals surface area (Å²) in [4.78, 5) is 26.4. The van der Waals surface area contributed by atoms with E-state index < -0.39 is 11.8 Å². The third-order valence-corrected chi connectivity index (χ3v) is 5.35. The highest BCUT2D eigenvalue weighted by molar-refractivity contribution is 6.36. The SMILES string of the molecule is Cc1c(C(=O)N(CC#N)CC#N)oc2c1/C(=N/NC(=O)c1ccc(Cl)cc1Cl)CCC2. The van der Waals surface area contributed by atoms with Crippen molar-refractivity contribution in [1.29, 1.82) is 10.5 Å². The van der Waals surface area contributed by atoms with Crippen LogP contribution >= 0.6 is 23.2 Å². The molecule has 2 aromatic rings. The number of hydrazone groups is 1. The summed E-state index contributed by atoms with van der Waals surface area (Å²) in [6.07, 6.45) is 1.91. The van der Waals surface area contributed by atoms with Gasteiger partial charge in [0.05, 0.1) is 28.4 Å². The van der Waals surface area contributed by atoms with Crippen LogP contribution in [-0.4, -0.2) is 35.5 Å². The zero-order valence-corrected chi connectivity index (χ0v) is 18.0. The number of amides is 2. The lowest BCUT2D eigenvalue weighted by Gasteiger charge is -2.14. The van der Waals surface area contributed by atoms with Crippen LogP contribution in [-0.2, 0) is 6.42 Å². The first-order valence-corrected chi connectivity index (χ1v) is 10.1. The second kappa shape index (κ2) is 9.65. The summed E-state index contributed by atoms with van der Waals surface area (Å²) in [5.41, 5.74) is 4.52. The van der Waals surface area contributed by atoms with Crippen molar-refractivity contribution >= 4 is 40.7 Å². The van der Waals surface area contributed by atoms with E-state index in [1.165, 1.54) is 12.1 Å². The van der Waals surface area contributed by atoms with Crippen molar-refractivity contribution in [2.24, 2.45) is 5.10 Å². The van der Waals surface area contributed by atoms with E-state index in [0.717, 1.165) is 11.3 Å². The van der Waals surface area contributed by atoms with E-state index in [0.29, 0.717) is 40.5 Å². The van der Waals surface area contributed by atoms with Gasteiger partial charge in [0.15, 0.2) is 5.76 Å². The molecule has 1 aromatic heterocycles. The number of aryl methyl sites for hydroxylation is 1. The van der Waals surface area contributed by atoms with E-state index in [9.17, 15) is 9.59 Å². The Kier molecular flexibility index (Phi) is 6.96. The van der Waals surface area contributed by atoms with Gasteiger partial charge in [0.2, 0.25) is 0 Å². The Morgan fingerprint density at radius 3 is 2.58 bits per heavy atom. The highest BCUT2D eigenvalue weighted by Gasteiger charge is 2.30. The van der Waals surface area contributed by atoms with Crippen molar-refractivity contribution in [3.63, 3.8) is 0 Å². The number of hydrogen-bond donors (Lipinski definition) is 1. The lowest BCUT2D eigenvalue weighted by Crippen LogP contribution is -2.32. The maximum absolute atomic E-state index is 12.8. The van der Waals surface area contributed by atoms with Gasteiger partial charge < -0.3 is 9.32 Å². The molecular formula is C21H17Cl2N5O3. The molecule has 1 aliphatic carbocycles.